The van der Waals surface area contributed by atoms with E-state index in [1.54, 1.807) is 23.5 Å². The maximum atomic E-state index is 12.3. The molecule has 0 saturated heterocycles. The van der Waals surface area contributed by atoms with Crippen LogP contribution in [0.25, 0.3) is 11.3 Å². The third-order valence-corrected chi connectivity index (χ3v) is 5.49. The summed E-state index contributed by atoms with van der Waals surface area (Å²) < 4.78 is 5.40. The molecule has 1 aromatic heterocycles. The summed E-state index contributed by atoms with van der Waals surface area (Å²) in [6.45, 7) is 2.44. The molecule has 29 heavy (non-hydrogen) atoms. The lowest BCUT2D eigenvalue weighted by molar-refractivity contribution is -0.125. The normalized spacial score (nSPS) is 13.0. The molecule has 0 radical (unpaired) electrons. The van der Waals surface area contributed by atoms with Gasteiger partial charge < -0.3 is 10.1 Å². The summed E-state index contributed by atoms with van der Waals surface area (Å²) in [5.41, 5.74) is 3.84. The monoisotopic (exact) mass is 407 g/mol. The van der Waals surface area contributed by atoms with E-state index in [9.17, 15) is 9.59 Å². The van der Waals surface area contributed by atoms with Gasteiger partial charge >= 0.3 is 0 Å². The van der Waals surface area contributed by atoms with Crippen LogP contribution < -0.4 is 15.0 Å². The number of amides is 2. The molecule has 0 aliphatic carbocycles. The minimum absolute atomic E-state index is 0.0126. The number of aryl methyl sites for hydroxylation is 1. The first kappa shape index (κ1) is 19.1. The number of nitrogens with zero attached hydrogens (tertiary/aromatic N) is 2. The molecule has 0 spiro atoms. The molecule has 148 valence electrons. The number of hydrogen-bond acceptors (Lipinski definition) is 5. The first-order valence-corrected chi connectivity index (χ1v) is 10.3. The number of benzene rings is 2. The van der Waals surface area contributed by atoms with E-state index in [0.717, 1.165) is 28.2 Å². The van der Waals surface area contributed by atoms with Crippen molar-refractivity contribution in [2.75, 3.05) is 24.6 Å². The zero-order chi connectivity index (χ0) is 20.2. The van der Waals surface area contributed by atoms with E-state index in [-0.39, 0.29) is 25.0 Å². The number of carbonyl (C=O) groups excluding carboxylic acids is 2. The Balaban J connectivity index is 1.30. The molecule has 2 heterocycles. The van der Waals surface area contributed by atoms with Crippen LogP contribution >= 0.6 is 11.3 Å². The van der Waals surface area contributed by atoms with Crippen molar-refractivity contribution in [3.63, 3.8) is 0 Å². The lowest BCUT2D eigenvalue weighted by Gasteiger charge is -2.28. The van der Waals surface area contributed by atoms with Crippen molar-refractivity contribution in [1.82, 2.24) is 10.3 Å². The molecule has 0 saturated carbocycles. The van der Waals surface area contributed by atoms with Crippen LogP contribution in [0.2, 0.25) is 0 Å². The van der Waals surface area contributed by atoms with Crippen LogP contribution in [0, 0.1) is 6.92 Å². The zero-order valence-electron chi connectivity index (χ0n) is 16.1. The van der Waals surface area contributed by atoms with E-state index < -0.39 is 0 Å². The van der Waals surface area contributed by atoms with E-state index >= 15 is 0 Å². The fourth-order valence-electron chi connectivity index (χ4n) is 3.21. The van der Waals surface area contributed by atoms with Gasteiger partial charge in [-0.05, 0) is 31.0 Å². The summed E-state index contributed by atoms with van der Waals surface area (Å²) >= 11 is 1.64. The summed E-state index contributed by atoms with van der Waals surface area (Å²) in [6.07, 6.45) is 0.718. The number of para-hydroxylation sites is 2. The molecular formula is C22H21N3O3S. The highest BCUT2D eigenvalue weighted by Crippen LogP contribution is 2.31. The molecule has 0 fully saturated rings. The number of fused-ring (bicyclic) bond motifs is 1. The molecule has 1 aliphatic rings. The smallest absolute Gasteiger partial charge is 0.265 e. The van der Waals surface area contributed by atoms with Gasteiger partial charge in [0.15, 0.2) is 6.61 Å². The maximum Gasteiger partial charge on any atom is 0.265 e. The van der Waals surface area contributed by atoms with Crippen molar-refractivity contribution in [3.8, 4) is 17.0 Å². The Morgan fingerprint density at radius 3 is 2.76 bits per heavy atom. The lowest BCUT2D eigenvalue weighted by atomic mass is 10.1. The van der Waals surface area contributed by atoms with E-state index in [1.807, 2.05) is 19.1 Å². The highest BCUT2D eigenvalue weighted by molar-refractivity contribution is 7.09. The van der Waals surface area contributed by atoms with Gasteiger partial charge in [0.2, 0.25) is 5.91 Å². The second-order valence-corrected chi connectivity index (χ2v) is 7.85. The average Bonchev–Trinajstić information content (AvgIpc) is 3.17. The number of ether oxygens (including phenoxy) is 1. The fraction of sp³-hybridized carbons (Fsp3) is 0.227. The number of thiazole rings is 1. The first-order valence-electron chi connectivity index (χ1n) is 9.40. The van der Waals surface area contributed by atoms with Crippen molar-refractivity contribution in [3.05, 3.63) is 64.5 Å². The number of rotatable bonds is 6. The predicted octanol–water partition coefficient (Wildman–Crippen LogP) is 3.20. The number of nitrogens with one attached hydrogen (secondary N) is 1. The molecule has 1 N–H and O–H groups in total. The molecule has 4 rings (SSSR count). The Morgan fingerprint density at radius 1 is 1.21 bits per heavy atom. The molecule has 3 aromatic rings. The summed E-state index contributed by atoms with van der Waals surface area (Å²) in [5, 5.41) is 6.00. The van der Waals surface area contributed by atoms with E-state index in [2.05, 4.69) is 39.9 Å². The van der Waals surface area contributed by atoms with Crippen molar-refractivity contribution in [1.29, 1.82) is 0 Å². The second-order valence-electron chi connectivity index (χ2n) is 6.78. The van der Waals surface area contributed by atoms with Crippen LogP contribution in [0.5, 0.6) is 5.75 Å². The Hall–Kier alpha value is -3.19. The molecule has 2 amide bonds. The van der Waals surface area contributed by atoms with E-state index in [4.69, 9.17) is 4.74 Å². The first-order chi connectivity index (χ1) is 14.1. The fourth-order valence-corrected chi connectivity index (χ4v) is 3.83. The lowest BCUT2D eigenvalue weighted by Crippen LogP contribution is -2.45. The summed E-state index contributed by atoms with van der Waals surface area (Å²) in [4.78, 5) is 30.5. The molecule has 1 aliphatic heterocycles. The number of carbonyl (C=O) groups is 2. The largest absolute Gasteiger partial charge is 0.482 e. The molecule has 0 atom stereocenters. The van der Waals surface area contributed by atoms with Crippen molar-refractivity contribution in [2.24, 2.45) is 0 Å². The van der Waals surface area contributed by atoms with Crippen molar-refractivity contribution >= 4 is 28.8 Å². The van der Waals surface area contributed by atoms with Crippen molar-refractivity contribution < 1.29 is 14.3 Å². The summed E-state index contributed by atoms with van der Waals surface area (Å²) in [6, 6.07) is 15.4. The predicted molar refractivity (Wildman–Crippen MR) is 113 cm³/mol. The second kappa shape index (κ2) is 8.45. The third kappa shape index (κ3) is 4.46. The maximum absolute atomic E-state index is 12.3. The van der Waals surface area contributed by atoms with Gasteiger partial charge in [-0.1, -0.05) is 36.4 Å². The van der Waals surface area contributed by atoms with Crippen LogP contribution in [0.15, 0.2) is 53.9 Å². The van der Waals surface area contributed by atoms with Gasteiger partial charge in [0, 0.05) is 17.5 Å². The quantitative estimate of drug-likeness (QED) is 0.681. The summed E-state index contributed by atoms with van der Waals surface area (Å²) in [5.74, 6) is 0.214. The van der Waals surface area contributed by atoms with Crippen LogP contribution in [-0.2, 0) is 16.0 Å². The Morgan fingerprint density at radius 2 is 2.00 bits per heavy atom. The number of hydrogen-bond donors (Lipinski definition) is 1. The molecule has 0 bridgehead atoms. The molecule has 0 unspecified atom stereocenters. The molecule has 6 nitrogen and oxygen atoms in total. The van der Waals surface area contributed by atoms with Gasteiger partial charge in [-0.2, -0.15) is 0 Å². The Kier molecular flexibility index (Phi) is 5.57. The van der Waals surface area contributed by atoms with Gasteiger partial charge in [-0.15, -0.1) is 11.3 Å². The standard InChI is InChI=1S/C22H21N3O3S/c1-15-24-18(14-29-15)17-8-6-16(7-9-17)10-11-23-21(26)12-25-19-4-2-3-5-20(19)28-13-22(25)27/h2-9,14H,10-13H2,1H3,(H,23,26). The van der Waals surface area contributed by atoms with E-state index in [0.29, 0.717) is 18.0 Å². The Labute approximate surface area is 173 Å². The van der Waals surface area contributed by atoms with Crippen LogP contribution in [0.1, 0.15) is 10.6 Å². The number of anilines is 1. The van der Waals surface area contributed by atoms with Crippen LogP contribution in [0.4, 0.5) is 5.69 Å². The minimum Gasteiger partial charge on any atom is -0.482 e. The van der Waals surface area contributed by atoms with Gasteiger partial charge in [-0.25, -0.2) is 4.98 Å². The van der Waals surface area contributed by atoms with Gasteiger partial charge in [-0.3, -0.25) is 14.5 Å². The van der Waals surface area contributed by atoms with E-state index in [1.165, 1.54) is 4.90 Å². The third-order valence-electron chi connectivity index (χ3n) is 4.71. The number of aromatic nitrogens is 1. The van der Waals surface area contributed by atoms with Gasteiger partial charge in [0.1, 0.15) is 12.3 Å². The van der Waals surface area contributed by atoms with Crippen molar-refractivity contribution in [2.45, 2.75) is 13.3 Å². The van der Waals surface area contributed by atoms with Crippen LogP contribution in [-0.4, -0.2) is 36.5 Å². The SMILES string of the molecule is Cc1nc(-c2ccc(CCNC(=O)CN3C(=O)COc4ccccc43)cc2)cs1. The Bertz CT molecular complexity index is 1030. The molecule has 7 heteroatoms. The highest BCUT2D eigenvalue weighted by atomic mass is 32.1. The van der Waals surface area contributed by atoms with Crippen LogP contribution in [0.3, 0.4) is 0 Å². The molecular weight excluding hydrogens is 386 g/mol. The topological polar surface area (TPSA) is 71.5 Å². The molecule has 2 aromatic carbocycles. The summed E-state index contributed by atoms with van der Waals surface area (Å²) in [7, 11) is 0. The van der Waals surface area contributed by atoms with Gasteiger partial charge in [0.05, 0.1) is 16.4 Å². The zero-order valence-corrected chi connectivity index (χ0v) is 16.9. The minimum atomic E-state index is -0.216. The highest BCUT2D eigenvalue weighted by Gasteiger charge is 2.26. The average molecular weight is 407 g/mol. The van der Waals surface area contributed by atoms with Gasteiger partial charge in [0.25, 0.3) is 5.91 Å².